The lowest BCUT2D eigenvalue weighted by Crippen LogP contribution is -2.57. The summed E-state index contributed by atoms with van der Waals surface area (Å²) in [6, 6.07) is -1.72. The Labute approximate surface area is 139 Å². The van der Waals surface area contributed by atoms with Gasteiger partial charge in [0, 0.05) is 52.2 Å². The zero-order valence-electron chi connectivity index (χ0n) is 13.3. The van der Waals surface area contributed by atoms with Gasteiger partial charge in [0.1, 0.15) is 6.04 Å². The van der Waals surface area contributed by atoms with Crippen LogP contribution in [0.4, 0.5) is 13.2 Å². The van der Waals surface area contributed by atoms with Crippen molar-refractivity contribution in [3.8, 4) is 0 Å². The maximum atomic E-state index is 13.2. The molecule has 2 aliphatic heterocycles. The smallest absolute Gasteiger partial charge is 0.354 e. The predicted molar refractivity (Wildman–Crippen MR) is 81.9 cm³/mol. The van der Waals surface area contributed by atoms with Crippen molar-refractivity contribution in [2.24, 2.45) is 0 Å². The highest BCUT2D eigenvalue weighted by Gasteiger charge is 2.43. The molecule has 0 aromatic rings. The molecule has 1 unspecified atom stereocenters. The topological polar surface area (TPSA) is 81.8 Å². The number of hydrogen-bond acceptors (Lipinski definition) is 5. The Balaban J connectivity index is 1.81. The minimum atomic E-state index is -4.43. The van der Waals surface area contributed by atoms with E-state index in [-0.39, 0.29) is 31.8 Å². The van der Waals surface area contributed by atoms with Crippen LogP contribution >= 0.6 is 0 Å². The largest absolute Gasteiger partial charge is 0.405 e. The molecule has 2 heterocycles. The van der Waals surface area contributed by atoms with Gasteiger partial charge in [0.25, 0.3) is 0 Å². The molecular formula is C13H23F3N4O3S. The van der Waals surface area contributed by atoms with E-state index in [0.29, 0.717) is 26.1 Å². The number of nitrogens with one attached hydrogen (secondary N) is 2. The first-order chi connectivity index (χ1) is 11.2. The lowest BCUT2D eigenvalue weighted by atomic mass is 10.2. The molecule has 2 aliphatic rings. The van der Waals surface area contributed by atoms with Crippen LogP contribution < -0.4 is 10.6 Å². The molecule has 2 N–H and O–H groups in total. The van der Waals surface area contributed by atoms with Crippen LogP contribution in [0.5, 0.6) is 0 Å². The first kappa shape index (κ1) is 19.4. The van der Waals surface area contributed by atoms with Gasteiger partial charge in [-0.1, -0.05) is 0 Å². The van der Waals surface area contributed by atoms with Gasteiger partial charge in [-0.25, -0.2) is 12.7 Å². The van der Waals surface area contributed by atoms with Crippen LogP contribution in [0.15, 0.2) is 0 Å². The summed E-state index contributed by atoms with van der Waals surface area (Å²) in [5.41, 5.74) is 0. The van der Waals surface area contributed by atoms with Crippen LogP contribution in [0.1, 0.15) is 12.8 Å². The molecule has 7 nitrogen and oxygen atoms in total. The molecule has 2 rings (SSSR count). The van der Waals surface area contributed by atoms with E-state index in [0.717, 1.165) is 0 Å². The van der Waals surface area contributed by atoms with Crippen molar-refractivity contribution in [3.63, 3.8) is 0 Å². The highest BCUT2D eigenvalue weighted by atomic mass is 32.2. The van der Waals surface area contributed by atoms with Gasteiger partial charge in [-0.05, 0) is 6.42 Å². The lowest BCUT2D eigenvalue weighted by Gasteiger charge is -2.35. The van der Waals surface area contributed by atoms with Gasteiger partial charge in [0.2, 0.25) is 15.9 Å². The molecule has 0 radical (unpaired) electrons. The molecule has 1 atom stereocenters. The van der Waals surface area contributed by atoms with E-state index in [1.165, 1.54) is 9.21 Å². The number of piperazine rings is 1. The normalized spacial score (nSPS) is 24.0. The molecule has 0 bridgehead atoms. The van der Waals surface area contributed by atoms with Crippen molar-refractivity contribution in [1.29, 1.82) is 0 Å². The number of carbonyl (C=O) groups excluding carboxylic acids is 1. The van der Waals surface area contributed by atoms with Crippen molar-refractivity contribution in [2.45, 2.75) is 25.1 Å². The molecule has 0 spiro atoms. The number of sulfonamides is 1. The van der Waals surface area contributed by atoms with Crippen LogP contribution in [0.25, 0.3) is 0 Å². The Hall–Kier alpha value is -0.910. The maximum Gasteiger partial charge on any atom is 0.405 e. The predicted octanol–water partition coefficient (Wildman–Crippen LogP) is -0.636. The third-order valence-electron chi connectivity index (χ3n) is 4.25. The summed E-state index contributed by atoms with van der Waals surface area (Å²) < 4.78 is 64.0. The molecule has 2 saturated heterocycles. The molecule has 0 aromatic carbocycles. The summed E-state index contributed by atoms with van der Waals surface area (Å²) in [5, 5.41) is 5.28. The first-order valence-corrected chi connectivity index (χ1v) is 9.57. The summed E-state index contributed by atoms with van der Waals surface area (Å²) in [6.07, 6.45) is -4.04. The molecule has 2 fully saturated rings. The molecule has 0 aliphatic carbocycles. The first-order valence-electron chi connectivity index (χ1n) is 7.96. The Morgan fingerprint density at radius 3 is 2.42 bits per heavy atom. The minimum absolute atomic E-state index is 0.0124. The van der Waals surface area contributed by atoms with E-state index >= 15 is 0 Å². The average molecular weight is 372 g/mol. The average Bonchev–Trinajstić information content (AvgIpc) is 2.83. The van der Waals surface area contributed by atoms with Crippen LogP contribution in [-0.2, 0) is 14.8 Å². The van der Waals surface area contributed by atoms with Crippen LogP contribution in [0.3, 0.4) is 0 Å². The van der Waals surface area contributed by atoms with Gasteiger partial charge >= 0.3 is 6.18 Å². The zero-order chi connectivity index (χ0) is 17.8. The molecule has 140 valence electrons. The van der Waals surface area contributed by atoms with Crippen LogP contribution in [-0.4, -0.2) is 87.3 Å². The Kier molecular flexibility index (Phi) is 6.46. The molecule has 1 amide bonds. The fraction of sp³-hybridized carbons (Fsp3) is 0.923. The quantitative estimate of drug-likeness (QED) is 0.649. The van der Waals surface area contributed by atoms with Crippen molar-refractivity contribution >= 4 is 15.9 Å². The van der Waals surface area contributed by atoms with Gasteiger partial charge in [0.05, 0.1) is 5.75 Å². The summed E-state index contributed by atoms with van der Waals surface area (Å²) >= 11 is 0. The molecular weight excluding hydrogens is 349 g/mol. The number of alkyl halides is 3. The van der Waals surface area contributed by atoms with Gasteiger partial charge in [-0.3, -0.25) is 9.69 Å². The number of hydrogen-bond donors (Lipinski definition) is 2. The molecule has 11 heteroatoms. The maximum absolute atomic E-state index is 13.2. The standard InChI is InChI=1S/C13H23F3N4O3S/c14-13(15,16)11(19-7-3-17-4-8-19)10-18-12(21)2-6-20-5-1-9-24(20,22)23/h11,17H,1-10H2,(H,18,21). The number of carbonyl (C=O) groups is 1. The number of rotatable bonds is 6. The van der Waals surface area contributed by atoms with E-state index in [9.17, 15) is 26.4 Å². The second-order valence-electron chi connectivity index (χ2n) is 5.97. The summed E-state index contributed by atoms with van der Waals surface area (Å²) in [5.74, 6) is -0.505. The number of halogens is 3. The van der Waals surface area contributed by atoms with E-state index in [2.05, 4.69) is 10.6 Å². The van der Waals surface area contributed by atoms with E-state index in [4.69, 9.17) is 0 Å². The summed E-state index contributed by atoms with van der Waals surface area (Å²) in [4.78, 5) is 13.1. The Morgan fingerprint density at radius 1 is 1.21 bits per heavy atom. The van der Waals surface area contributed by atoms with E-state index in [1.807, 2.05) is 0 Å². The van der Waals surface area contributed by atoms with Crippen LogP contribution in [0, 0.1) is 0 Å². The monoisotopic (exact) mass is 372 g/mol. The fourth-order valence-electron chi connectivity index (χ4n) is 2.91. The Morgan fingerprint density at radius 2 is 1.88 bits per heavy atom. The zero-order valence-corrected chi connectivity index (χ0v) is 14.1. The summed E-state index contributed by atoms with van der Waals surface area (Å²) in [6.45, 7) is 1.36. The molecule has 0 saturated carbocycles. The van der Waals surface area contributed by atoms with E-state index < -0.39 is 34.7 Å². The third kappa shape index (κ3) is 5.30. The minimum Gasteiger partial charge on any atom is -0.354 e. The third-order valence-corrected chi connectivity index (χ3v) is 6.21. The highest BCUT2D eigenvalue weighted by Crippen LogP contribution is 2.24. The van der Waals surface area contributed by atoms with Crippen molar-refractivity contribution in [2.75, 3.05) is 51.6 Å². The molecule has 0 aromatic heterocycles. The van der Waals surface area contributed by atoms with Crippen molar-refractivity contribution < 1.29 is 26.4 Å². The SMILES string of the molecule is O=C(CCN1CCCS1(=O)=O)NCC(N1CCNCC1)C(F)(F)F. The van der Waals surface area contributed by atoms with Gasteiger partial charge in [-0.15, -0.1) is 0 Å². The fourth-order valence-corrected chi connectivity index (χ4v) is 4.44. The number of amides is 1. The van der Waals surface area contributed by atoms with E-state index in [1.54, 1.807) is 0 Å². The molecule has 24 heavy (non-hydrogen) atoms. The van der Waals surface area contributed by atoms with Gasteiger partial charge in [-0.2, -0.15) is 13.2 Å². The van der Waals surface area contributed by atoms with Gasteiger partial charge < -0.3 is 10.6 Å². The summed E-state index contributed by atoms with van der Waals surface area (Å²) in [7, 11) is -3.30. The van der Waals surface area contributed by atoms with Crippen molar-refractivity contribution in [1.82, 2.24) is 19.8 Å². The second kappa shape index (κ2) is 7.98. The lowest BCUT2D eigenvalue weighted by molar-refractivity contribution is -0.184. The van der Waals surface area contributed by atoms with Crippen LogP contribution in [0.2, 0.25) is 0 Å². The number of nitrogens with zero attached hydrogens (tertiary/aromatic N) is 2. The van der Waals surface area contributed by atoms with Crippen molar-refractivity contribution in [3.05, 3.63) is 0 Å². The Bertz CT molecular complexity index is 535. The van der Waals surface area contributed by atoms with Gasteiger partial charge in [0.15, 0.2) is 0 Å². The second-order valence-corrected chi connectivity index (χ2v) is 8.05. The highest BCUT2D eigenvalue weighted by molar-refractivity contribution is 7.89.